The minimum Gasteiger partial charge on any atom is -0.449 e. The molecule has 3 N–H and O–H groups in total. The Morgan fingerprint density at radius 2 is 2.04 bits per heavy atom. The minimum atomic E-state index is -1.14. The van der Waals surface area contributed by atoms with Gasteiger partial charge in [0.15, 0.2) is 6.10 Å². The van der Waals surface area contributed by atoms with Crippen molar-refractivity contribution in [1.82, 2.24) is 10.3 Å². The van der Waals surface area contributed by atoms with Crippen LogP contribution in [0.15, 0.2) is 24.3 Å². The van der Waals surface area contributed by atoms with Gasteiger partial charge < -0.3 is 10.5 Å². The van der Waals surface area contributed by atoms with Crippen molar-refractivity contribution in [2.24, 2.45) is 11.7 Å². The Bertz CT molecular complexity index is 894. The molecule has 0 bridgehead atoms. The van der Waals surface area contributed by atoms with Crippen LogP contribution in [0, 0.1) is 5.92 Å². The molecule has 26 heavy (non-hydrogen) atoms. The maximum absolute atomic E-state index is 12.9. The van der Waals surface area contributed by atoms with Crippen molar-refractivity contribution in [3.05, 3.63) is 41.1 Å². The van der Waals surface area contributed by atoms with Gasteiger partial charge in [-0.05, 0) is 43.7 Å². The van der Waals surface area contributed by atoms with Gasteiger partial charge in [-0.15, -0.1) is 0 Å². The largest absolute Gasteiger partial charge is 0.449 e. The lowest BCUT2D eigenvalue weighted by Gasteiger charge is -2.24. The number of benzene rings is 1. The number of ether oxygens (including phenoxy) is 1. The molecule has 1 aliphatic carbocycles. The van der Waals surface area contributed by atoms with Crippen LogP contribution in [-0.4, -0.2) is 29.0 Å². The van der Waals surface area contributed by atoms with Crippen LogP contribution in [0.2, 0.25) is 0 Å². The summed E-state index contributed by atoms with van der Waals surface area (Å²) >= 11 is 0. The Morgan fingerprint density at radius 3 is 2.77 bits per heavy atom. The number of nitrogens with two attached hydrogens (primary N) is 1. The topological polar surface area (TPSA) is 111 Å². The normalized spacial score (nSPS) is 17.2. The molecule has 0 aliphatic heterocycles. The van der Waals surface area contributed by atoms with E-state index in [0.717, 1.165) is 36.0 Å². The summed E-state index contributed by atoms with van der Waals surface area (Å²) in [5.41, 5.74) is 7.90. The van der Waals surface area contributed by atoms with Gasteiger partial charge in [0.2, 0.25) is 0 Å². The summed E-state index contributed by atoms with van der Waals surface area (Å²) in [6, 6.07) is 6.40. The molecule has 0 saturated carbocycles. The number of esters is 1. The van der Waals surface area contributed by atoms with E-state index in [4.69, 9.17) is 15.5 Å². The van der Waals surface area contributed by atoms with Crippen molar-refractivity contribution in [3.8, 4) is 0 Å². The van der Waals surface area contributed by atoms with Gasteiger partial charge in [-0.2, -0.15) is 0 Å². The van der Waals surface area contributed by atoms with Gasteiger partial charge in [0.1, 0.15) is 0 Å². The average Bonchev–Trinajstić information content (AvgIpc) is 2.58. The fourth-order valence-electron chi connectivity index (χ4n) is 3.29. The average molecular weight is 355 g/mol. The molecule has 0 radical (unpaired) electrons. The molecule has 0 fully saturated rings. The zero-order valence-corrected chi connectivity index (χ0v) is 14.7. The molecule has 7 nitrogen and oxygen atoms in total. The predicted octanol–water partition coefficient (Wildman–Crippen LogP) is 2.10. The fourth-order valence-corrected chi connectivity index (χ4v) is 3.29. The second-order valence-electron chi connectivity index (χ2n) is 6.68. The van der Waals surface area contributed by atoms with Crippen LogP contribution in [0.25, 0.3) is 10.9 Å². The number of amides is 3. The first-order valence-electron chi connectivity index (χ1n) is 8.58. The number of rotatable bonds is 3. The first-order valence-corrected chi connectivity index (χ1v) is 8.58. The minimum absolute atomic E-state index is 0.438. The smallest absolute Gasteiger partial charge is 0.339 e. The van der Waals surface area contributed by atoms with E-state index in [1.165, 1.54) is 6.92 Å². The van der Waals surface area contributed by atoms with Crippen molar-refractivity contribution >= 4 is 28.8 Å². The van der Waals surface area contributed by atoms with Crippen LogP contribution in [0.4, 0.5) is 4.79 Å². The molecule has 136 valence electrons. The Balaban J connectivity index is 2.00. The third-order valence-electron chi connectivity index (χ3n) is 4.61. The summed E-state index contributed by atoms with van der Waals surface area (Å²) in [4.78, 5) is 40.2. The molecule has 1 aromatic carbocycles. The third kappa shape index (κ3) is 3.51. The Morgan fingerprint density at radius 1 is 1.31 bits per heavy atom. The Kier molecular flexibility index (Phi) is 4.88. The SMILES string of the molecule is C[C@H]1CCc2nc3ccccc3c(C(=O)O[C@H](C)C(=O)NC(N)=O)c2C1. The van der Waals surface area contributed by atoms with Crippen LogP contribution < -0.4 is 11.1 Å². The first kappa shape index (κ1) is 17.8. The third-order valence-corrected chi connectivity index (χ3v) is 4.61. The Hall–Kier alpha value is -2.96. The molecule has 3 amide bonds. The number of pyridine rings is 1. The fraction of sp³-hybridized carbons (Fsp3) is 0.368. The van der Waals surface area contributed by atoms with E-state index < -0.39 is 24.0 Å². The number of urea groups is 1. The summed E-state index contributed by atoms with van der Waals surface area (Å²) < 4.78 is 5.32. The lowest BCUT2D eigenvalue weighted by molar-refractivity contribution is -0.127. The molecule has 3 rings (SSSR count). The van der Waals surface area contributed by atoms with Crippen LogP contribution in [-0.2, 0) is 22.4 Å². The number of nitrogens with zero attached hydrogens (tertiary/aromatic N) is 1. The zero-order valence-electron chi connectivity index (χ0n) is 14.7. The second kappa shape index (κ2) is 7.11. The van der Waals surface area contributed by atoms with E-state index in [0.29, 0.717) is 16.9 Å². The molecule has 1 aromatic heterocycles. The van der Waals surface area contributed by atoms with E-state index in [-0.39, 0.29) is 0 Å². The summed E-state index contributed by atoms with van der Waals surface area (Å²) in [7, 11) is 0. The summed E-state index contributed by atoms with van der Waals surface area (Å²) in [6.07, 6.45) is 1.42. The van der Waals surface area contributed by atoms with Crippen molar-refractivity contribution in [1.29, 1.82) is 0 Å². The highest BCUT2D eigenvalue weighted by atomic mass is 16.5. The van der Waals surface area contributed by atoms with E-state index in [2.05, 4.69) is 6.92 Å². The molecule has 0 saturated heterocycles. The molecule has 2 atom stereocenters. The number of fused-ring (bicyclic) bond motifs is 2. The van der Waals surface area contributed by atoms with Crippen LogP contribution in [0.5, 0.6) is 0 Å². The van der Waals surface area contributed by atoms with Crippen LogP contribution in [0.1, 0.15) is 41.9 Å². The lowest BCUT2D eigenvalue weighted by Crippen LogP contribution is -2.42. The molecule has 2 aromatic rings. The Labute approximate surface area is 150 Å². The van der Waals surface area contributed by atoms with Crippen molar-refractivity contribution in [2.75, 3.05) is 0 Å². The number of primary amides is 1. The molecule has 0 unspecified atom stereocenters. The van der Waals surface area contributed by atoms with Gasteiger partial charge in [0, 0.05) is 11.1 Å². The highest BCUT2D eigenvalue weighted by molar-refractivity contribution is 6.06. The van der Waals surface area contributed by atoms with E-state index >= 15 is 0 Å². The van der Waals surface area contributed by atoms with Gasteiger partial charge in [0.05, 0.1) is 11.1 Å². The molecule has 1 heterocycles. The van der Waals surface area contributed by atoms with Crippen molar-refractivity contribution in [2.45, 2.75) is 39.2 Å². The lowest BCUT2D eigenvalue weighted by atomic mass is 9.84. The summed E-state index contributed by atoms with van der Waals surface area (Å²) in [5, 5.41) is 2.62. The zero-order chi connectivity index (χ0) is 18.8. The van der Waals surface area contributed by atoms with E-state index in [9.17, 15) is 14.4 Å². The number of aromatic nitrogens is 1. The van der Waals surface area contributed by atoms with Crippen molar-refractivity contribution < 1.29 is 19.1 Å². The van der Waals surface area contributed by atoms with Gasteiger partial charge in [-0.1, -0.05) is 25.1 Å². The van der Waals surface area contributed by atoms with E-state index in [1.807, 2.05) is 29.6 Å². The van der Waals surface area contributed by atoms with Gasteiger partial charge in [-0.3, -0.25) is 15.1 Å². The molecular formula is C19H21N3O4. The molecule has 0 spiro atoms. The van der Waals surface area contributed by atoms with Crippen LogP contribution in [0.3, 0.4) is 0 Å². The molecule has 7 heteroatoms. The number of aryl methyl sites for hydroxylation is 1. The summed E-state index contributed by atoms with van der Waals surface area (Å²) in [6.45, 7) is 3.53. The number of hydrogen-bond donors (Lipinski definition) is 2. The highest BCUT2D eigenvalue weighted by Gasteiger charge is 2.28. The number of nitrogens with one attached hydrogen (secondary N) is 1. The number of carbonyl (C=O) groups is 3. The van der Waals surface area contributed by atoms with Gasteiger partial charge in [-0.25, -0.2) is 9.59 Å². The second-order valence-corrected chi connectivity index (χ2v) is 6.68. The maximum Gasteiger partial charge on any atom is 0.339 e. The number of hydrogen-bond acceptors (Lipinski definition) is 5. The first-order chi connectivity index (χ1) is 12.4. The maximum atomic E-state index is 12.9. The summed E-state index contributed by atoms with van der Waals surface area (Å²) in [5.74, 6) is -0.917. The number of imide groups is 1. The monoisotopic (exact) mass is 355 g/mol. The van der Waals surface area contributed by atoms with Crippen molar-refractivity contribution in [3.63, 3.8) is 0 Å². The van der Waals surface area contributed by atoms with E-state index in [1.54, 1.807) is 0 Å². The highest BCUT2D eigenvalue weighted by Crippen LogP contribution is 2.32. The molecular weight excluding hydrogens is 334 g/mol. The quantitative estimate of drug-likeness (QED) is 0.819. The predicted molar refractivity (Wildman–Crippen MR) is 95.5 cm³/mol. The van der Waals surface area contributed by atoms with Gasteiger partial charge in [0.25, 0.3) is 5.91 Å². The van der Waals surface area contributed by atoms with Crippen LogP contribution >= 0.6 is 0 Å². The number of para-hydroxylation sites is 1. The molecule has 1 aliphatic rings. The number of carbonyl (C=O) groups excluding carboxylic acids is 3. The standard InChI is InChI=1S/C19H21N3O4/c1-10-7-8-15-13(9-10)16(12-5-3-4-6-14(12)21-15)18(24)26-11(2)17(23)22-19(20)25/h3-6,10-11H,7-9H2,1-2H3,(H3,20,22,23,25)/t10-,11+/m0/s1. The van der Waals surface area contributed by atoms with Gasteiger partial charge >= 0.3 is 12.0 Å².